The predicted octanol–water partition coefficient (Wildman–Crippen LogP) is 3.93. The Morgan fingerprint density at radius 1 is 0.955 bits per heavy atom. The lowest BCUT2D eigenvalue weighted by atomic mass is 9.90. The van der Waals surface area contributed by atoms with Gasteiger partial charge in [-0.3, -0.25) is 0 Å². The number of halogens is 10. The minimum Gasteiger partial charge on any atom is -0.371 e. The molecule has 1 N–H and O–H groups in total. The van der Waals surface area contributed by atoms with Crippen molar-refractivity contribution in [3.05, 3.63) is 0 Å². The summed E-state index contributed by atoms with van der Waals surface area (Å²) in [5, 5.41) is 8.67. The van der Waals surface area contributed by atoms with Gasteiger partial charge in [-0.05, 0) is 13.3 Å². The summed E-state index contributed by atoms with van der Waals surface area (Å²) in [4.78, 5) is 0. The van der Waals surface area contributed by atoms with Crippen LogP contribution in [-0.2, 0) is 4.74 Å². The van der Waals surface area contributed by atoms with E-state index < -0.39 is 42.5 Å². The fourth-order valence-corrected chi connectivity index (χ4v) is 1.35. The minimum absolute atomic E-state index is 0.318. The Morgan fingerprint density at radius 2 is 1.36 bits per heavy atom. The van der Waals surface area contributed by atoms with Gasteiger partial charge >= 0.3 is 18.3 Å². The quantitative estimate of drug-likeness (QED) is 0.733. The van der Waals surface area contributed by atoms with Crippen LogP contribution in [0.15, 0.2) is 0 Å². The number of rotatable bonds is 6. The summed E-state index contributed by atoms with van der Waals surface area (Å²) in [7, 11) is 0. The van der Waals surface area contributed by atoms with Crippen molar-refractivity contribution < 1.29 is 53.7 Å². The van der Waals surface area contributed by atoms with Gasteiger partial charge in [0.15, 0.2) is 0 Å². The van der Waals surface area contributed by atoms with Crippen LogP contribution < -0.4 is 0 Å². The van der Waals surface area contributed by atoms with Gasteiger partial charge in [0.2, 0.25) is 6.10 Å². The second-order valence-electron chi connectivity index (χ2n) is 4.46. The van der Waals surface area contributed by atoms with Crippen molar-refractivity contribution in [2.75, 3.05) is 0 Å². The van der Waals surface area contributed by atoms with Gasteiger partial charge in [-0.25, -0.2) is 8.78 Å². The number of hydrogen-bond donors (Lipinski definition) is 1. The van der Waals surface area contributed by atoms with Gasteiger partial charge in [-0.15, -0.1) is 0 Å². The summed E-state index contributed by atoms with van der Waals surface area (Å²) < 4.78 is 131. The number of aliphatic hydroxyl groups is 1. The maximum atomic E-state index is 13.6. The molecule has 0 aromatic carbocycles. The van der Waals surface area contributed by atoms with Crippen LogP contribution in [0.1, 0.15) is 20.3 Å². The Balaban J connectivity index is 6.06. The average molecular weight is 354 g/mol. The molecule has 0 aromatic heterocycles. The van der Waals surface area contributed by atoms with Crippen molar-refractivity contribution in [2.24, 2.45) is 0 Å². The molecule has 0 amide bonds. The summed E-state index contributed by atoms with van der Waals surface area (Å²) in [6.45, 7) is 1.99. The molecule has 0 aliphatic heterocycles. The largest absolute Gasteiger partial charge is 0.429 e. The van der Waals surface area contributed by atoms with Crippen LogP contribution in [0, 0.1) is 0 Å². The Kier molecular flexibility index (Phi) is 6.15. The third-order valence-electron chi connectivity index (χ3n) is 2.83. The first-order valence-corrected chi connectivity index (χ1v) is 5.70. The Labute approximate surface area is 118 Å². The van der Waals surface area contributed by atoms with Crippen molar-refractivity contribution in [3.63, 3.8) is 0 Å². The van der Waals surface area contributed by atoms with E-state index in [1.54, 1.807) is 0 Å². The van der Waals surface area contributed by atoms with E-state index in [-0.39, 0.29) is 6.42 Å². The molecule has 0 saturated carbocycles. The standard InChI is InChI=1S/C10H12F10O2/c1-3-4(2)22-5(9(15,16)17)8(13,14)7(21,6(11)12)10(18,19)20/h4-6,21H,3H2,1-2H3. The van der Waals surface area contributed by atoms with Crippen LogP contribution in [0.4, 0.5) is 43.9 Å². The predicted molar refractivity (Wildman–Crippen MR) is 52.6 cm³/mol. The molecule has 0 spiro atoms. The van der Waals surface area contributed by atoms with Crippen molar-refractivity contribution in [3.8, 4) is 0 Å². The molecule has 0 bridgehead atoms. The molecule has 0 saturated heterocycles. The van der Waals surface area contributed by atoms with Crippen LogP contribution in [0.2, 0.25) is 0 Å². The zero-order valence-electron chi connectivity index (χ0n) is 11.1. The fraction of sp³-hybridized carbons (Fsp3) is 1.00. The first-order chi connectivity index (χ1) is 9.53. The number of alkyl halides is 10. The van der Waals surface area contributed by atoms with Crippen molar-refractivity contribution >= 4 is 0 Å². The Hall–Kier alpha value is -0.780. The van der Waals surface area contributed by atoms with E-state index in [2.05, 4.69) is 4.74 Å². The van der Waals surface area contributed by atoms with Gasteiger partial charge in [0.25, 0.3) is 12.0 Å². The molecule has 12 heteroatoms. The second kappa shape index (κ2) is 6.38. The molecule has 2 nitrogen and oxygen atoms in total. The molecule has 0 radical (unpaired) electrons. The second-order valence-corrected chi connectivity index (χ2v) is 4.46. The van der Waals surface area contributed by atoms with E-state index in [0.29, 0.717) is 0 Å². The van der Waals surface area contributed by atoms with E-state index in [1.165, 1.54) is 6.92 Å². The van der Waals surface area contributed by atoms with Crippen molar-refractivity contribution in [1.82, 2.24) is 0 Å². The maximum absolute atomic E-state index is 13.6. The maximum Gasteiger partial charge on any atom is 0.429 e. The molecule has 22 heavy (non-hydrogen) atoms. The zero-order valence-corrected chi connectivity index (χ0v) is 11.1. The lowest BCUT2D eigenvalue weighted by Crippen LogP contribution is -2.70. The summed E-state index contributed by atoms with van der Waals surface area (Å²) in [6.07, 6.45) is -24.6. The first-order valence-electron chi connectivity index (χ1n) is 5.70. The third kappa shape index (κ3) is 3.76. The van der Waals surface area contributed by atoms with Gasteiger partial charge in [0.05, 0.1) is 6.10 Å². The van der Waals surface area contributed by atoms with Crippen LogP contribution in [-0.4, -0.2) is 47.6 Å². The lowest BCUT2D eigenvalue weighted by Gasteiger charge is -2.41. The van der Waals surface area contributed by atoms with E-state index in [1.807, 2.05) is 0 Å². The molecule has 0 aliphatic rings. The topological polar surface area (TPSA) is 29.5 Å². The monoisotopic (exact) mass is 354 g/mol. The highest BCUT2D eigenvalue weighted by Crippen LogP contribution is 2.51. The molecular formula is C10H12F10O2. The summed E-state index contributed by atoms with van der Waals surface area (Å²) in [6, 6.07) is 0. The molecule has 0 rings (SSSR count). The van der Waals surface area contributed by atoms with E-state index >= 15 is 0 Å². The van der Waals surface area contributed by atoms with Crippen LogP contribution >= 0.6 is 0 Å². The highest BCUT2D eigenvalue weighted by Gasteiger charge is 2.80. The van der Waals surface area contributed by atoms with E-state index in [9.17, 15) is 43.9 Å². The normalized spacial score (nSPS) is 19.9. The highest BCUT2D eigenvalue weighted by molar-refractivity contribution is 5.07. The Morgan fingerprint density at radius 3 is 1.59 bits per heavy atom. The summed E-state index contributed by atoms with van der Waals surface area (Å²) in [5.41, 5.74) is -6.21. The smallest absolute Gasteiger partial charge is 0.371 e. The SMILES string of the molecule is CCC(C)OC(C(F)(F)F)C(F)(F)C(O)(C(F)F)C(F)(F)F. The van der Waals surface area contributed by atoms with Crippen molar-refractivity contribution in [1.29, 1.82) is 0 Å². The molecule has 3 unspecified atom stereocenters. The molecule has 0 heterocycles. The van der Waals surface area contributed by atoms with E-state index in [0.717, 1.165) is 6.92 Å². The van der Waals surface area contributed by atoms with Crippen LogP contribution in [0.3, 0.4) is 0 Å². The van der Waals surface area contributed by atoms with Gasteiger partial charge in [0.1, 0.15) is 0 Å². The number of hydrogen-bond acceptors (Lipinski definition) is 2. The van der Waals surface area contributed by atoms with Gasteiger partial charge < -0.3 is 9.84 Å². The van der Waals surface area contributed by atoms with Crippen LogP contribution in [0.25, 0.3) is 0 Å². The molecule has 3 atom stereocenters. The lowest BCUT2D eigenvalue weighted by molar-refractivity contribution is -0.408. The molecule has 0 aromatic rings. The average Bonchev–Trinajstić information content (AvgIpc) is 2.30. The summed E-state index contributed by atoms with van der Waals surface area (Å²) >= 11 is 0. The Bertz CT molecular complexity index is 364. The summed E-state index contributed by atoms with van der Waals surface area (Å²) in [5.74, 6) is -6.37. The van der Waals surface area contributed by atoms with Gasteiger partial charge in [0, 0.05) is 0 Å². The van der Waals surface area contributed by atoms with Crippen LogP contribution in [0.5, 0.6) is 0 Å². The molecule has 134 valence electrons. The minimum atomic E-state index is -6.73. The zero-order chi connectivity index (χ0) is 18.1. The molecular weight excluding hydrogens is 342 g/mol. The highest BCUT2D eigenvalue weighted by atomic mass is 19.4. The van der Waals surface area contributed by atoms with E-state index in [4.69, 9.17) is 5.11 Å². The van der Waals surface area contributed by atoms with Gasteiger partial charge in [-0.2, -0.15) is 35.1 Å². The molecule has 0 aliphatic carbocycles. The van der Waals surface area contributed by atoms with Gasteiger partial charge in [-0.1, -0.05) is 6.92 Å². The third-order valence-corrected chi connectivity index (χ3v) is 2.83. The number of ether oxygens (including phenoxy) is 1. The first kappa shape index (κ1) is 21.2. The fourth-order valence-electron chi connectivity index (χ4n) is 1.35. The molecule has 0 fully saturated rings. The van der Waals surface area contributed by atoms with Crippen molar-refractivity contribution in [2.45, 2.75) is 62.8 Å².